The third-order valence-electron chi connectivity index (χ3n) is 4.11. The monoisotopic (exact) mass is 343 g/mol. The van der Waals surface area contributed by atoms with Crippen LogP contribution in [-0.4, -0.2) is 29.8 Å². The molecule has 0 radical (unpaired) electrons. The van der Waals surface area contributed by atoms with E-state index in [9.17, 15) is 15.0 Å². The van der Waals surface area contributed by atoms with Gasteiger partial charge in [-0.1, -0.05) is 36.4 Å². The molecule has 0 fully saturated rings. The third kappa shape index (κ3) is 6.21. The second-order valence-corrected chi connectivity index (χ2v) is 5.91. The maximum absolute atomic E-state index is 10.8. The molecule has 0 bridgehead atoms. The molecular formula is C20H25NO4. The number of hydrogen-bond donors (Lipinski definition) is 3. The molecule has 0 saturated heterocycles. The Morgan fingerprint density at radius 3 is 2.64 bits per heavy atom. The number of nitrogens with one attached hydrogen (secondary N) is 1. The van der Waals surface area contributed by atoms with Crippen LogP contribution >= 0.6 is 0 Å². The number of carbonyl (C=O) groups excluding carboxylic acids is 1. The summed E-state index contributed by atoms with van der Waals surface area (Å²) in [6.07, 6.45) is 2.72. The molecule has 0 saturated carbocycles. The number of aliphatic hydroxyl groups excluding tert-OH is 1. The van der Waals surface area contributed by atoms with Crippen LogP contribution in [0.25, 0.3) is 0 Å². The van der Waals surface area contributed by atoms with E-state index >= 15 is 0 Å². The third-order valence-corrected chi connectivity index (χ3v) is 4.11. The van der Waals surface area contributed by atoms with Gasteiger partial charge in [0.15, 0.2) is 0 Å². The Morgan fingerprint density at radius 1 is 1.12 bits per heavy atom. The number of benzene rings is 2. The van der Waals surface area contributed by atoms with Crippen LogP contribution in [0.15, 0.2) is 48.5 Å². The van der Waals surface area contributed by atoms with Gasteiger partial charge in [-0.05, 0) is 49.1 Å². The van der Waals surface area contributed by atoms with E-state index in [0.29, 0.717) is 18.6 Å². The van der Waals surface area contributed by atoms with E-state index in [4.69, 9.17) is 4.74 Å². The van der Waals surface area contributed by atoms with Gasteiger partial charge < -0.3 is 20.3 Å². The summed E-state index contributed by atoms with van der Waals surface area (Å²) in [5.41, 5.74) is 2.50. The Morgan fingerprint density at radius 2 is 1.92 bits per heavy atom. The number of hydrogen-bond acceptors (Lipinski definition) is 5. The molecule has 1 atom stereocenters. The van der Waals surface area contributed by atoms with Crippen molar-refractivity contribution in [2.24, 2.45) is 0 Å². The quantitative estimate of drug-likeness (QED) is 0.432. The highest BCUT2D eigenvalue weighted by Gasteiger charge is 2.14. The van der Waals surface area contributed by atoms with Gasteiger partial charge in [0.05, 0.1) is 6.61 Å². The van der Waals surface area contributed by atoms with Gasteiger partial charge in [-0.25, -0.2) is 0 Å². The molecule has 2 rings (SSSR count). The summed E-state index contributed by atoms with van der Waals surface area (Å²) in [6.45, 7) is 1.48. The molecule has 0 aliphatic rings. The van der Waals surface area contributed by atoms with Crippen molar-refractivity contribution in [3.63, 3.8) is 0 Å². The fourth-order valence-electron chi connectivity index (χ4n) is 2.70. The Labute approximate surface area is 148 Å². The van der Waals surface area contributed by atoms with Crippen molar-refractivity contribution in [2.75, 3.05) is 13.1 Å². The maximum atomic E-state index is 10.8. The van der Waals surface area contributed by atoms with Gasteiger partial charge in [-0.3, -0.25) is 4.79 Å². The lowest BCUT2D eigenvalue weighted by atomic mass is 10.0. The first kappa shape index (κ1) is 19.0. The topological polar surface area (TPSA) is 78.8 Å². The minimum absolute atomic E-state index is 0.0324. The van der Waals surface area contributed by atoms with Gasteiger partial charge in [0.1, 0.15) is 11.9 Å². The summed E-state index contributed by atoms with van der Waals surface area (Å²) < 4.78 is 5.14. The van der Waals surface area contributed by atoms with Crippen molar-refractivity contribution in [1.82, 2.24) is 5.32 Å². The van der Waals surface area contributed by atoms with Gasteiger partial charge in [0.2, 0.25) is 0 Å². The lowest BCUT2D eigenvalue weighted by molar-refractivity contribution is -0.133. The summed E-state index contributed by atoms with van der Waals surface area (Å²) >= 11 is 0. The number of aryl methyl sites for hydroxylation is 1. The number of unbranched alkanes of at least 4 members (excludes halogenated alkanes) is 1. The van der Waals surface area contributed by atoms with Crippen LogP contribution < -0.4 is 5.32 Å². The van der Waals surface area contributed by atoms with Gasteiger partial charge in [0, 0.05) is 12.1 Å². The molecule has 0 aromatic heterocycles. The van der Waals surface area contributed by atoms with Crippen molar-refractivity contribution in [1.29, 1.82) is 0 Å². The molecule has 0 spiro atoms. The molecule has 25 heavy (non-hydrogen) atoms. The smallest absolute Gasteiger partial charge is 0.293 e. The normalized spacial score (nSPS) is 11.9. The summed E-state index contributed by atoms with van der Waals surface area (Å²) in [5, 5.41) is 22.2. The Bertz CT molecular complexity index is 645. The zero-order chi connectivity index (χ0) is 17.9. The lowest BCUT2D eigenvalue weighted by Gasteiger charge is -2.17. The highest BCUT2D eigenvalue weighted by molar-refractivity contribution is 5.41. The first-order chi connectivity index (χ1) is 12.2. The molecule has 5 nitrogen and oxygen atoms in total. The summed E-state index contributed by atoms with van der Waals surface area (Å²) in [5.74, 6) is 0.0324. The number of rotatable bonds is 11. The number of aromatic hydroxyl groups is 1. The minimum Gasteiger partial charge on any atom is -0.508 e. The zero-order valence-electron chi connectivity index (χ0n) is 14.2. The van der Waals surface area contributed by atoms with Crippen molar-refractivity contribution >= 4 is 6.47 Å². The van der Waals surface area contributed by atoms with E-state index in [1.54, 1.807) is 12.1 Å². The number of ether oxygens (including phenoxy) is 1. The summed E-state index contributed by atoms with van der Waals surface area (Å²) in [4.78, 5) is 10.8. The van der Waals surface area contributed by atoms with Crippen LogP contribution in [-0.2, 0) is 22.6 Å². The van der Waals surface area contributed by atoms with Gasteiger partial charge in [-0.2, -0.15) is 0 Å². The molecule has 0 amide bonds. The first-order valence-corrected chi connectivity index (χ1v) is 8.51. The molecule has 1 unspecified atom stereocenters. The molecule has 5 heteroatoms. The standard InChI is InChI=1S/C20H25NO4/c22-14-18-12-17(9-10-19(18)24)20(25-15-23)13-21-11-5-4-8-16-6-2-1-3-7-16/h1-3,6-7,9-10,12,15,20-22,24H,4-5,8,11,13-14H2. The predicted octanol–water partition coefficient (Wildman–Crippen LogP) is 2.71. The minimum atomic E-state index is -0.447. The van der Waals surface area contributed by atoms with Crippen LogP contribution in [0.4, 0.5) is 0 Å². The van der Waals surface area contributed by atoms with Crippen molar-refractivity contribution in [2.45, 2.75) is 32.0 Å². The SMILES string of the molecule is O=COC(CNCCCCc1ccccc1)c1ccc(O)c(CO)c1. The predicted molar refractivity (Wildman–Crippen MR) is 96.2 cm³/mol. The van der Waals surface area contributed by atoms with Crippen LogP contribution in [0.5, 0.6) is 5.75 Å². The van der Waals surface area contributed by atoms with Crippen LogP contribution in [0.3, 0.4) is 0 Å². The van der Waals surface area contributed by atoms with E-state index in [2.05, 4.69) is 17.4 Å². The van der Waals surface area contributed by atoms with Crippen molar-refractivity contribution in [3.8, 4) is 5.75 Å². The van der Waals surface area contributed by atoms with E-state index in [1.807, 2.05) is 18.2 Å². The average molecular weight is 343 g/mol. The molecule has 3 N–H and O–H groups in total. The number of carbonyl (C=O) groups is 1. The molecule has 134 valence electrons. The second kappa shape index (κ2) is 10.5. The molecule has 0 aliphatic heterocycles. The fraction of sp³-hybridized carbons (Fsp3) is 0.350. The van der Waals surface area contributed by atoms with Gasteiger partial charge in [0.25, 0.3) is 6.47 Å². The summed E-state index contributed by atoms with van der Waals surface area (Å²) in [6, 6.07) is 15.2. The largest absolute Gasteiger partial charge is 0.508 e. The maximum Gasteiger partial charge on any atom is 0.293 e. The van der Waals surface area contributed by atoms with E-state index in [1.165, 1.54) is 11.6 Å². The molecule has 0 heterocycles. The van der Waals surface area contributed by atoms with Crippen molar-refractivity contribution < 1.29 is 19.7 Å². The van der Waals surface area contributed by atoms with Gasteiger partial charge >= 0.3 is 0 Å². The number of aliphatic hydroxyl groups is 1. The second-order valence-electron chi connectivity index (χ2n) is 5.91. The van der Waals surface area contributed by atoms with Crippen LogP contribution in [0.1, 0.15) is 35.6 Å². The fourth-order valence-corrected chi connectivity index (χ4v) is 2.70. The van der Waals surface area contributed by atoms with Crippen molar-refractivity contribution in [3.05, 3.63) is 65.2 Å². The first-order valence-electron chi connectivity index (χ1n) is 8.51. The molecule has 0 aliphatic carbocycles. The number of phenols is 1. The Hall–Kier alpha value is -2.37. The highest BCUT2D eigenvalue weighted by atomic mass is 16.5. The molecule has 2 aromatic carbocycles. The Kier molecular flexibility index (Phi) is 7.95. The van der Waals surface area contributed by atoms with Gasteiger partial charge in [-0.15, -0.1) is 0 Å². The Balaban J connectivity index is 1.76. The van der Waals surface area contributed by atoms with E-state index < -0.39 is 6.10 Å². The lowest BCUT2D eigenvalue weighted by Crippen LogP contribution is -2.24. The van der Waals surface area contributed by atoms with Crippen LogP contribution in [0, 0.1) is 0 Å². The summed E-state index contributed by atoms with van der Waals surface area (Å²) in [7, 11) is 0. The molecule has 2 aromatic rings. The zero-order valence-corrected chi connectivity index (χ0v) is 14.2. The average Bonchev–Trinajstić information content (AvgIpc) is 2.65. The van der Waals surface area contributed by atoms with E-state index in [0.717, 1.165) is 31.4 Å². The van der Waals surface area contributed by atoms with E-state index in [-0.39, 0.29) is 12.4 Å². The highest BCUT2D eigenvalue weighted by Crippen LogP contribution is 2.24. The molecular weight excluding hydrogens is 318 g/mol. The van der Waals surface area contributed by atoms with Crippen LogP contribution in [0.2, 0.25) is 0 Å².